The van der Waals surface area contributed by atoms with E-state index < -0.39 is 5.51 Å². The van der Waals surface area contributed by atoms with E-state index in [1.165, 1.54) is 0 Å². The summed E-state index contributed by atoms with van der Waals surface area (Å²) >= 11 is -0.0782. The lowest BCUT2D eigenvalue weighted by molar-refractivity contribution is -0.0328. The molecule has 0 atom stereocenters. The van der Waals surface area contributed by atoms with Gasteiger partial charge in [-0.05, 0) is 54.9 Å². The summed E-state index contributed by atoms with van der Waals surface area (Å²) in [7, 11) is 1.64. The Morgan fingerprint density at radius 1 is 1.19 bits per heavy atom. The van der Waals surface area contributed by atoms with Crippen LogP contribution in [0.4, 0.5) is 18.9 Å². The van der Waals surface area contributed by atoms with Gasteiger partial charge < -0.3 is 9.64 Å². The van der Waals surface area contributed by atoms with Crippen LogP contribution in [0.2, 0.25) is 0 Å². The average Bonchev–Trinajstić information content (AvgIpc) is 3.32. The summed E-state index contributed by atoms with van der Waals surface area (Å²) in [5.74, 6) is 0.778. The molecular weight excluding hydrogens is 375 g/mol. The Hall–Kier alpha value is -1.93. The fourth-order valence-electron chi connectivity index (χ4n) is 3.66. The molecule has 2 aliphatic rings. The van der Waals surface area contributed by atoms with Crippen LogP contribution in [0, 0.1) is 0 Å². The Labute approximate surface area is 160 Å². The Morgan fingerprint density at radius 3 is 2.56 bits per heavy atom. The van der Waals surface area contributed by atoms with Gasteiger partial charge in [0.05, 0.1) is 20.0 Å². The second-order valence-corrected chi connectivity index (χ2v) is 8.13. The molecule has 2 aromatic rings. The first kappa shape index (κ1) is 18.4. The molecule has 1 saturated carbocycles. The van der Waals surface area contributed by atoms with Gasteiger partial charge in [-0.15, -0.1) is 0 Å². The third-order valence-electron chi connectivity index (χ3n) is 5.21. The lowest BCUT2D eigenvalue weighted by Crippen LogP contribution is -2.32. The molecule has 8 heteroatoms. The molecule has 4 nitrogen and oxygen atoms in total. The van der Waals surface area contributed by atoms with Crippen molar-refractivity contribution in [3.63, 3.8) is 0 Å². The van der Waals surface area contributed by atoms with E-state index in [1.54, 1.807) is 43.8 Å². The number of rotatable bonds is 5. The molecule has 1 saturated heterocycles. The second kappa shape index (κ2) is 6.91. The number of thioether (sulfide) groups is 1. The van der Waals surface area contributed by atoms with Crippen LogP contribution in [0.15, 0.2) is 47.6 Å². The second-order valence-electron chi connectivity index (χ2n) is 6.99. The van der Waals surface area contributed by atoms with Gasteiger partial charge in [-0.3, -0.25) is 9.88 Å². The van der Waals surface area contributed by atoms with Gasteiger partial charge in [-0.25, -0.2) is 0 Å². The van der Waals surface area contributed by atoms with E-state index in [9.17, 15) is 13.2 Å². The summed E-state index contributed by atoms with van der Waals surface area (Å²) in [5.41, 5.74) is -2.05. The summed E-state index contributed by atoms with van der Waals surface area (Å²) < 4.78 is 42.9. The van der Waals surface area contributed by atoms with E-state index in [2.05, 4.69) is 14.8 Å². The minimum Gasteiger partial charge on any atom is -0.495 e. The number of anilines is 1. The van der Waals surface area contributed by atoms with Crippen molar-refractivity contribution in [1.82, 2.24) is 9.88 Å². The van der Waals surface area contributed by atoms with Crippen LogP contribution in [0.1, 0.15) is 18.4 Å². The van der Waals surface area contributed by atoms with Crippen molar-refractivity contribution in [2.24, 2.45) is 0 Å². The first-order valence-electron chi connectivity index (χ1n) is 8.71. The molecule has 0 N–H and O–H groups in total. The maximum atomic E-state index is 12.5. The van der Waals surface area contributed by atoms with Crippen molar-refractivity contribution in [2.75, 3.05) is 25.2 Å². The molecule has 1 aromatic heterocycles. The van der Waals surface area contributed by atoms with Gasteiger partial charge in [-0.2, -0.15) is 13.2 Å². The van der Waals surface area contributed by atoms with E-state index >= 15 is 0 Å². The molecule has 0 bridgehead atoms. The Kier molecular flexibility index (Phi) is 4.71. The molecule has 1 spiro atoms. The molecule has 1 aromatic carbocycles. The van der Waals surface area contributed by atoms with E-state index in [0.717, 1.165) is 49.6 Å². The number of hydrogen-bond donors (Lipinski definition) is 0. The Balaban J connectivity index is 1.47. The van der Waals surface area contributed by atoms with Gasteiger partial charge in [0, 0.05) is 41.0 Å². The zero-order valence-electron chi connectivity index (χ0n) is 14.9. The fraction of sp³-hybridized carbons (Fsp3) is 0.421. The number of pyridine rings is 1. The minimum absolute atomic E-state index is 0.0782. The first-order valence-corrected chi connectivity index (χ1v) is 9.53. The topological polar surface area (TPSA) is 28.6 Å². The molecule has 1 aliphatic carbocycles. The fourth-order valence-corrected chi connectivity index (χ4v) is 4.20. The monoisotopic (exact) mass is 395 g/mol. The number of aromatic nitrogens is 1. The highest BCUT2D eigenvalue weighted by atomic mass is 32.2. The first-order chi connectivity index (χ1) is 12.9. The summed E-state index contributed by atoms with van der Waals surface area (Å²) in [4.78, 5) is 8.99. The lowest BCUT2D eigenvalue weighted by Gasteiger charge is -2.23. The Morgan fingerprint density at radius 2 is 1.93 bits per heavy atom. The van der Waals surface area contributed by atoms with Gasteiger partial charge in [0.1, 0.15) is 5.75 Å². The van der Waals surface area contributed by atoms with E-state index in [-0.39, 0.29) is 22.2 Å². The van der Waals surface area contributed by atoms with Gasteiger partial charge >= 0.3 is 5.51 Å². The van der Waals surface area contributed by atoms with Crippen molar-refractivity contribution in [1.29, 1.82) is 0 Å². The van der Waals surface area contributed by atoms with Crippen molar-refractivity contribution in [2.45, 2.75) is 35.3 Å². The maximum absolute atomic E-state index is 12.5. The van der Waals surface area contributed by atoms with Crippen LogP contribution < -0.4 is 9.64 Å². The molecule has 144 valence electrons. The number of halogens is 3. The third kappa shape index (κ3) is 4.01. The SMILES string of the molecule is COc1cnccc1CN1CN(c2ccc(SC(F)(F)F)cc2)CC12CC2. The van der Waals surface area contributed by atoms with Crippen molar-refractivity contribution in [3.05, 3.63) is 48.3 Å². The molecule has 1 aliphatic heterocycles. The quantitative estimate of drug-likeness (QED) is 0.695. The minimum atomic E-state index is -4.26. The highest BCUT2D eigenvalue weighted by molar-refractivity contribution is 8.00. The molecule has 0 radical (unpaired) electrons. The van der Waals surface area contributed by atoms with Gasteiger partial charge in [-0.1, -0.05) is 0 Å². The van der Waals surface area contributed by atoms with E-state index in [1.807, 2.05) is 6.07 Å². The lowest BCUT2D eigenvalue weighted by atomic mass is 10.2. The summed E-state index contributed by atoms with van der Waals surface area (Å²) in [6, 6.07) is 8.62. The maximum Gasteiger partial charge on any atom is 0.446 e. The van der Waals surface area contributed by atoms with E-state index in [4.69, 9.17) is 4.74 Å². The number of alkyl halides is 3. The standard InChI is InChI=1S/C19H20F3N3OS/c1-26-17-10-23-9-6-14(17)11-25-13-24(12-18(25)7-8-18)15-2-4-16(5-3-15)27-19(20,21)22/h2-6,9-10H,7-8,11-13H2,1H3. The summed E-state index contributed by atoms with van der Waals surface area (Å²) in [5, 5.41) is 0. The van der Waals surface area contributed by atoms with E-state index in [0.29, 0.717) is 0 Å². The van der Waals surface area contributed by atoms with Crippen molar-refractivity contribution in [3.8, 4) is 5.75 Å². The summed E-state index contributed by atoms with van der Waals surface area (Å²) in [6.07, 6.45) is 5.76. The number of benzene rings is 1. The smallest absolute Gasteiger partial charge is 0.446 e. The normalized spacial score (nSPS) is 18.9. The summed E-state index contributed by atoms with van der Waals surface area (Å²) in [6.45, 7) is 2.41. The van der Waals surface area contributed by atoms with Gasteiger partial charge in [0.15, 0.2) is 0 Å². The molecular formula is C19H20F3N3OS. The predicted molar refractivity (Wildman–Crippen MR) is 98.9 cm³/mol. The van der Waals surface area contributed by atoms with Crippen LogP contribution in [-0.2, 0) is 6.54 Å². The molecule has 4 rings (SSSR count). The largest absolute Gasteiger partial charge is 0.495 e. The van der Waals surface area contributed by atoms with Crippen molar-refractivity contribution >= 4 is 17.4 Å². The highest BCUT2D eigenvalue weighted by Crippen LogP contribution is 2.48. The van der Waals surface area contributed by atoms with Crippen LogP contribution in [0.25, 0.3) is 0 Å². The Bertz CT molecular complexity index is 809. The van der Waals surface area contributed by atoms with Crippen molar-refractivity contribution < 1.29 is 17.9 Å². The molecule has 0 amide bonds. The van der Waals surface area contributed by atoms with Gasteiger partial charge in [0.25, 0.3) is 0 Å². The average molecular weight is 395 g/mol. The molecule has 2 heterocycles. The number of nitrogens with zero attached hydrogens (tertiary/aromatic N) is 3. The molecule has 0 unspecified atom stereocenters. The molecule has 27 heavy (non-hydrogen) atoms. The van der Waals surface area contributed by atoms with Gasteiger partial charge in [0.2, 0.25) is 0 Å². The third-order valence-corrected chi connectivity index (χ3v) is 5.95. The number of methoxy groups -OCH3 is 1. The zero-order chi connectivity index (χ0) is 19.1. The van der Waals surface area contributed by atoms with Crippen LogP contribution in [0.5, 0.6) is 5.75 Å². The predicted octanol–water partition coefficient (Wildman–Crippen LogP) is 4.51. The van der Waals surface area contributed by atoms with Crippen LogP contribution >= 0.6 is 11.8 Å². The number of ether oxygens (including phenoxy) is 1. The molecule has 2 fully saturated rings. The zero-order valence-corrected chi connectivity index (χ0v) is 15.7. The highest BCUT2D eigenvalue weighted by Gasteiger charge is 2.53. The van der Waals surface area contributed by atoms with Crippen LogP contribution in [-0.4, -0.2) is 41.3 Å². The van der Waals surface area contributed by atoms with Crippen LogP contribution in [0.3, 0.4) is 0 Å². The number of hydrogen-bond acceptors (Lipinski definition) is 5.